The quantitative estimate of drug-likeness (QED) is 0.788. The molecule has 0 unspecified atom stereocenters. The van der Waals surface area contributed by atoms with E-state index in [2.05, 4.69) is 20.2 Å². The van der Waals surface area contributed by atoms with Gasteiger partial charge in [0.15, 0.2) is 0 Å². The summed E-state index contributed by atoms with van der Waals surface area (Å²) in [6.07, 6.45) is 4.90. The molecule has 0 amide bonds. The lowest BCUT2D eigenvalue weighted by atomic mass is 10.2. The number of likely N-dealkylation sites (tertiary alicyclic amines) is 1. The Morgan fingerprint density at radius 1 is 1.25 bits per heavy atom. The van der Waals surface area contributed by atoms with Gasteiger partial charge in [0.05, 0.1) is 11.4 Å². The molecule has 0 spiro atoms. The van der Waals surface area contributed by atoms with Crippen LogP contribution in [0.3, 0.4) is 0 Å². The van der Waals surface area contributed by atoms with Gasteiger partial charge >= 0.3 is 0 Å². The third-order valence-electron chi connectivity index (χ3n) is 3.62. The molecule has 1 fully saturated rings. The topological polar surface area (TPSA) is 44.0 Å². The average Bonchev–Trinajstić information content (AvgIpc) is 2.95. The van der Waals surface area contributed by atoms with Crippen molar-refractivity contribution in [2.24, 2.45) is 0 Å². The fraction of sp³-hybridized carbons (Fsp3) is 0.750. The zero-order valence-corrected chi connectivity index (χ0v) is 9.76. The smallest absolute Gasteiger partial charge is 0.107 e. The highest BCUT2D eigenvalue weighted by molar-refractivity contribution is 5.17. The van der Waals surface area contributed by atoms with Crippen LogP contribution < -0.4 is 5.32 Å². The summed E-state index contributed by atoms with van der Waals surface area (Å²) in [4.78, 5) is 10.7. The first-order valence-corrected chi connectivity index (χ1v) is 6.41. The molecule has 1 saturated heterocycles. The Labute approximate surface area is 96.4 Å². The lowest BCUT2D eigenvalue weighted by molar-refractivity contribution is 0.341. The van der Waals surface area contributed by atoms with Crippen LogP contribution in [0, 0.1) is 0 Å². The zero-order chi connectivity index (χ0) is 10.8. The highest BCUT2D eigenvalue weighted by atomic mass is 15.1. The molecule has 0 aromatic carbocycles. The minimum absolute atomic E-state index is 0.964. The summed E-state index contributed by atoms with van der Waals surface area (Å²) >= 11 is 0. The second-order valence-corrected chi connectivity index (χ2v) is 4.83. The van der Waals surface area contributed by atoms with Gasteiger partial charge in [-0.25, -0.2) is 4.98 Å². The first kappa shape index (κ1) is 10.3. The summed E-state index contributed by atoms with van der Waals surface area (Å²) in [6, 6.07) is 0. The van der Waals surface area contributed by atoms with Crippen LogP contribution in [-0.4, -0.2) is 41.0 Å². The van der Waals surface area contributed by atoms with Crippen LogP contribution in [0.25, 0.3) is 0 Å². The molecule has 4 heteroatoms. The molecule has 0 radical (unpaired) electrons. The number of hydrogen-bond acceptors (Lipinski definition) is 3. The number of rotatable bonds is 3. The maximum atomic E-state index is 4.69. The monoisotopic (exact) mass is 220 g/mol. The largest absolute Gasteiger partial charge is 0.345 e. The van der Waals surface area contributed by atoms with Crippen LogP contribution >= 0.6 is 0 Å². The molecule has 0 aliphatic carbocycles. The normalized spacial score (nSPS) is 21.2. The van der Waals surface area contributed by atoms with Gasteiger partial charge in [0.2, 0.25) is 0 Å². The summed E-state index contributed by atoms with van der Waals surface area (Å²) in [5.41, 5.74) is 2.60. The minimum Gasteiger partial charge on any atom is -0.345 e. The van der Waals surface area contributed by atoms with E-state index in [0.29, 0.717) is 0 Å². The van der Waals surface area contributed by atoms with E-state index in [1.54, 1.807) is 0 Å². The molecule has 0 saturated carbocycles. The lowest BCUT2D eigenvalue weighted by Gasteiger charge is -2.12. The summed E-state index contributed by atoms with van der Waals surface area (Å²) in [7, 11) is 0. The summed E-state index contributed by atoms with van der Waals surface area (Å²) in [5.74, 6) is 1.18. The van der Waals surface area contributed by atoms with Crippen molar-refractivity contribution < 1.29 is 0 Å². The van der Waals surface area contributed by atoms with Gasteiger partial charge in [-0.15, -0.1) is 0 Å². The Hall–Kier alpha value is -0.870. The SMILES string of the molecule is C1CCN(CCc2nc3c([nH]2)CNCC3)C1. The minimum atomic E-state index is 0.964. The number of H-pyrrole nitrogens is 1. The first-order valence-electron chi connectivity index (χ1n) is 6.41. The van der Waals surface area contributed by atoms with Crippen molar-refractivity contribution in [1.29, 1.82) is 0 Å². The predicted octanol–water partition coefficient (Wildman–Crippen LogP) is 0.694. The van der Waals surface area contributed by atoms with Crippen molar-refractivity contribution in [2.45, 2.75) is 32.2 Å². The molecule has 2 aliphatic rings. The molecule has 0 bridgehead atoms. The molecule has 4 nitrogen and oxygen atoms in total. The Morgan fingerprint density at radius 3 is 2.94 bits per heavy atom. The van der Waals surface area contributed by atoms with Crippen LogP contribution in [0.15, 0.2) is 0 Å². The van der Waals surface area contributed by atoms with Gasteiger partial charge in [0, 0.05) is 32.5 Å². The number of aromatic amines is 1. The Morgan fingerprint density at radius 2 is 2.12 bits per heavy atom. The Kier molecular flexibility index (Phi) is 2.93. The van der Waals surface area contributed by atoms with Crippen molar-refractivity contribution in [2.75, 3.05) is 26.2 Å². The molecule has 88 valence electrons. The van der Waals surface area contributed by atoms with Gasteiger partial charge in [0.25, 0.3) is 0 Å². The predicted molar refractivity (Wildman–Crippen MR) is 63.4 cm³/mol. The van der Waals surface area contributed by atoms with Gasteiger partial charge in [0.1, 0.15) is 5.82 Å². The van der Waals surface area contributed by atoms with E-state index in [0.717, 1.165) is 25.9 Å². The second kappa shape index (κ2) is 4.55. The molecule has 1 aromatic heterocycles. The van der Waals surface area contributed by atoms with Gasteiger partial charge in [-0.1, -0.05) is 0 Å². The Bertz CT molecular complexity index is 328. The number of hydrogen-bond donors (Lipinski definition) is 2. The zero-order valence-electron chi connectivity index (χ0n) is 9.76. The van der Waals surface area contributed by atoms with Crippen LogP contribution in [0.1, 0.15) is 30.1 Å². The third-order valence-corrected chi connectivity index (χ3v) is 3.62. The van der Waals surface area contributed by atoms with E-state index >= 15 is 0 Å². The fourth-order valence-electron chi connectivity index (χ4n) is 2.67. The van der Waals surface area contributed by atoms with Crippen molar-refractivity contribution in [3.63, 3.8) is 0 Å². The number of aromatic nitrogens is 2. The van der Waals surface area contributed by atoms with Gasteiger partial charge < -0.3 is 15.2 Å². The Balaban J connectivity index is 1.59. The van der Waals surface area contributed by atoms with Gasteiger partial charge in [-0.2, -0.15) is 0 Å². The fourth-order valence-corrected chi connectivity index (χ4v) is 2.67. The molecule has 2 N–H and O–H groups in total. The number of nitrogens with zero attached hydrogens (tertiary/aromatic N) is 2. The summed E-state index contributed by atoms with van der Waals surface area (Å²) in [5, 5.41) is 3.37. The van der Waals surface area contributed by atoms with Crippen LogP contribution in [0.4, 0.5) is 0 Å². The van der Waals surface area contributed by atoms with E-state index in [1.807, 2.05) is 0 Å². The summed E-state index contributed by atoms with van der Waals surface area (Å²) < 4.78 is 0. The molecule has 2 aliphatic heterocycles. The maximum Gasteiger partial charge on any atom is 0.107 e. The van der Waals surface area contributed by atoms with Crippen molar-refractivity contribution >= 4 is 0 Å². The highest BCUT2D eigenvalue weighted by Gasteiger charge is 2.15. The van der Waals surface area contributed by atoms with E-state index < -0.39 is 0 Å². The average molecular weight is 220 g/mol. The highest BCUT2D eigenvalue weighted by Crippen LogP contribution is 2.12. The summed E-state index contributed by atoms with van der Waals surface area (Å²) in [6.45, 7) is 5.76. The lowest BCUT2D eigenvalue weighted by Crippen LogP contribution is -2.23. The van der Waals surface area contributed by atoms with E-state index in [4.69, 9.17) is 0 Å². The van der Waals surface area contributed by atoms with Crippen molar-refractivity contribution in [3.05, 3.63) is 17.2 Å². The van der Waals surface area contributed by atoms with Gasteiger partial charge in [-0.3, -0.25) is 0 Å². The van der Waals surface area contributed by atoms with Crippen LogP contribution in [0.2, 0.25) is 0 Å². The van der Waals surface area contributed by atoms with Crippen LogP contribution in [0.5, 0.6) is 0 Å². The molecular weight excluding hydrogens is 200 g/mol. The van der Waals surface area contributed by atoms with E-state index in [9.17, 15) is 0 Å². The second-order valence-electron chi connectivity index (χ2n) is 4.83. The van der Waals surface area contributed by atoms with Crippen LogP contribution in [-0.2, 0) is 19.4 Å². The maximum absolute atomic E-state index is 4.69. The van der Waals surface area contributed by atoms with E-state index in [1.165, 1.54) is 49.7 Å². The van der Waals surface area contributed by atoms with E-state index in [-0.39, 0.29) is 0 Å². The number of nitrogens with one attached hydrogen (secondary N) is 2. The standard InChI is InChI=1S/C12H20N4/c1-2-7-16(6-1)8-4-12-14-10-3-5-13-9-11(10)15-12/h13H,1-9H2,(H,14,15). The number of imidazole rings is 1. The third kappa shape index (κ3) is 2.13. The molecular formula is C12H20N4. The molecule has 3 rings (SSSR count). The molecule has 3 heterocycles. The van der Waals surface area contributed by atoms with Crippen molar-refractivity contribution in [1.82, 2.24) is 20.2 Å². The molecule has 16 heavy (non-hydrogen) atoms. The van der Waals surface area contributed by atoms with Gasteiger partial charge in [-0.05, 0) is 25.9 Å². The first-order chi connectivity index (χ1) is 7.92. The van der Waals surface area contributed by atoms with Crippen molar-refractivity contribution in [3.8, 4) is 0 Å². The molecule has 1 aromatic rings. The number of fused-ring (bicyclic) bond motifs is 1. The molecule has 0 atom stereocenters.